The fourth-order valence-corrected chi connectivity index (χ4v) is 2.57. The van der Waals surface area contributed by atoms with Crippen molar-refractivity contribution in [2.24, 2.45) is 5.92 Å². The summed E-state index contributed by atoms with van der Waals surface area (Å²) in [5.74, 6) is 1.27. The highest BCUT2D eigenvalue weighted by atomic mass is 16.5. The molecule has 0 saturated carbocycles. The zero-order valence-corrected chi connectivity index (χ0v) is 12.5. The van der Waals surface area contributed by atoms with Crippen molar-refractivity contribution in [3.63, 3.8) is 0 Å². The van der Waals surface area contributed by atoms with Crippen LogP contribution in [0.2, 0.25) is 0 Å². The van der Waals surface area contributed by atoms with Crippen molar-refractivity contribution in [1.29, 1.82) is 0 Å². The van der Waals surface area contributed by atoms with E-state index >= 15 is 0 Å². The van der Waals surface area contributed by atoms with Gasteiger partial charge in [-0.2, -0.15) is 5.10 Å². The van der Waals surface area contributed by atoms with Crippen LogP contribution in [-0.4, -0.2) is 37.1 Å². The molecule has 20 heavy (non-hydrogen) atoms. The molecule has 1 saturated heterocycles. The molecule has 1 aliphatic rings. The van der Waals surface area contributed by atoms with E-state index in [2.05, 4.69) is 22.4 Å². The molecule has 1 aromatic rings. The first-order valence-electron chi connectivity index (χ1n) is 7.52. The average Bonchev–Trinajstić information content (AvgIpc) is 2.52. The molecule has 1 aromatic heterocycles. The van der Waals surface area contributed by atoms with Crippen molar-refractivity contribution >= 4 is 0 Å². The highest BCUT2D eigenvalue weighted by Gasteiger charge is 2.21. The van der Waals surface area contributed by atoms with E-state index in [1.807, 2.05) is 12.1 Å². The van der Waals surface area contributed by atoms with Gasteiger partial charge in [-0.05, 0) is 44.2 Å². The molecule has 5 heteroatoms. The van der Waals surface area contributed by atoms with Gasteiger partial charge in [0.2, 0.25) is 5.88 Å². The summed E-state index contributed by atoms with van der Waals surface area (Å²) in [7, 11) is 1.61. The average molecular weight is 279 g/mol. The lowest BCUT2D eigenvalue weighted by Gasteiger charge is -2.27. The van der Waals surface area contributed by atoms with Crippen molar-refractivity contribution in [3.8, 4) is 5.88 Å². The Morgan fingerprint density at radius 3 is 2.75 bits per heavy atom. The van der Waals surface area contributed by atoms with Crippen molar-refractivity contribution in [2.45, 2.75) is 38.6 Å². The summed E-state index contributed by atoms with van der Waals surface area (Å²) in [6, 6.07) is 4.17. The smallest absolute Gasteiger partial charge is 0.233 e. The summed E-state index contributed by atoms with van der Waals surface area (Å²) in [6.45, 7) is 4.96. The number of methoxy groups -OCH3 is 1. The van der Waals surface area contributed by atoms with E-state index in [-0.39, 0.29) is 6.04 Å². The van der Waals surface area contributed by atoms with Crippen LogP contribution in [0.1, 0.15) is 44.3 Å². The molecule has 1 fully saturated rings. The van der Waals surface area contributed by atoms with Gasteiger partial charge in [-0.1, -0.05) is 6.92 Å². The molecule has 0 spiro atoms. The molecule has 2 heterocycles. The van der Waals surface area contributed by atoms with Crippen molar-refractivity contribution in [2.75, 3.05) is 26.9 Å². The Morgan fingerprint density at radius 2 is 2.15 bits per heavy atom. The highest BCUT2D eigenvalue weighted by molar-refractivity contribution is 5.14. The van der Waals surface area contributed by atoms with Crippen LogP contribution < -0.4 is 10.1 Å². The summed E-state index contributed by atoms with van der Waals surface area (Å²) >= 11 is 0. The summed E-state index contributed by atoms with van der Waals surface area (Å²) in [5.41, 5.74) is 1.01. The number of nitrogens with zero attached hydrogens (tertiary/aromatic N) is 2. The predicted octanol–water partition coefficient (Wildman–Crippen LogP) is 2.34. The Morgan fingerprint density at radius 1 is 1.35 bits per heavy atom. The minimum Gasteiger partial charge on any atom is -0.480 e. The molecule has 0 amide bonds. The third-order valence-electron chi connectivity index (χ3n) is 3.78. The lowest BCUT2D eigenvalue weighted by molar-refractivity contribution is 0.0603. The summed E-state index contributed by atoms with van der Waals surface area (Å²) < 4.78 is 10.5. The van der Waals surface area contributed by atoms with E-state index in [0.717, 1.165) is 51.1 Å². The van der Waals surface area contributed by atoms with Crippen molar-refractivity contribution < 1.29 is 9.47 Å². The Bertz CT molecular complexity index is 377. The van der Waals surface area contributed by atoms with E-state index in [1.54, 1.807) is 7.11 Å². The molecule has 1 unspecified atom stereocenters. The van der Waals surface area contributed by atoms with Gasteiger partial charge in [0.25, 0.3) is 0 Å². The van der Waals surface area contributed by atoms with Gasteiger partial charge < -0.3 is 14.8 Å². The second-order valence-electron chi connectivity index (χ2n) is 5.30. The Hall–Kier alpha value is -1.20. The van der Waals surface area contributed by atoms with Gasteiger partial charge in [0, 0.05) is 19.3 Å². The van der Waals surface area contributed by atoms with E-state index in [4.69, 9.17) is 9.47 Å². The molecule has 0 bridgehead atoms. The minimum atomic E-state index is 0.274. The van der Waals surface area contributed by atoms with E-state index in [0.29, 0.717) is 11.8 Å². The predicted molar refractivity (Wildman–Crippen MR) is 77.8 cm³/mol. The standard InChI is InChI=1S/C15H25N3O2/c1-3-8-16-14(11-12-6-9-20-10-7-12)13-4-5-15(19-2)18-17-13/h4-5,12,14,16H,3,6-11H2,1-2H3. The normalized spacial score (nSPS) is 17.9. The second-order valence-corrected chi connectivity index (χ2v) is 5.30. The fourth-order valence-electron chi connectivity index (χ4n) is 2.57. The molecule has 1 aliphatic heterocycles. The van der Waals surface area contributed by atoms with Gasteiger partial charge >= 0.3 is 0 Å². The van der Waals surface area contributed by atoms with Crippen molar-refractivity contribution in [3.05, 3.63) is 17.8 Å². The molecule has 2 rings (SSSR count). The first-order valence-corrected chi connectivity index (χ1v) is 7.52. The first kappa shape index (κ1) is 15.2. The Labute approximate surface area is 121 Å². The fraction of sp³-hybridized carbons (Fsp3) is 0.733. The molecular weight excluding hydrogens is 254 g/mol. The van der Waals surface area contributed by atoms with Gasteiger partial charge in [0.05, 0.1) is 18.8 Å². The second kappa shape index (κ2) is 8.17. The molecule has 0 aromatic carbocycles. The van der Waals surface area contributed by atoms with Crippen LogP contribution in [0.15, 0.2) is 12.1 Å². The number of aromatic nitrogens is 2. The first-order chi connectivity index (χ1) is 9.83. The third-order valence-corrected chi connectivity index (χ3v) is 3.78. The maximum absolute atomic E-state index is 5.43. The lowest BCUT2D eigenvalue weighted by atomic mass is 9.91. The van der Waals surface area contributed by atoms with Gasteiger partial charge in [-0.15, -0.1) is 5.10 Å². The number of hydrogen-bond acceptors (Lipinski definition) is 5. The number of hydrogen-bond donors (Lipinski definition) is 1. The Balaban J connectivity index is 2.00. The zero-order chi connectivity index (χ0) is 14.2. The monoisotopic (exact) mass is 279 g/mol. The molecule has 112 valence electrons. The molecule has 0 aliphatic carbocycles. The summed E-state index contributed by atoms with van der Waals surface area (Å²) in [5, 5.41) is 12.0. The molecule has 1 N–H and O–H groups in total. The van der Waals surface area contributed by atoms with E-state index < -0.39 is 0 Å². The van der Waals surface area contributed by atoms with Crippen LogP contribution in [0.3, 0.4) is 0 Å². The summed E-state index contributed by atoms with van der Waals surface area (Å²) in [6.07, 6.45) is 4.51. The van der Waals surface area contributed by atoms with Crippen LogP contribution in [-0.2, 0) is 4.74 Å². The van der Waals surface area contributed by atoms with E-state index in [9.17, 15) is 0 Å². The van der Waals surface area contributed by atoms with Gasteiger partial charge in [0.1, 0.15) is 0 Å². The zero-order valence-electron chi connectivity index (χ0n) is 12.5. The van der Waals surface area contributed by atoms with Crippen LogP contribution in [0.25, 0.3) is 0 Å². The van der Waals surface area contributed by atoms with Crippen LogP contribution in [0.5, 0.6) is 5.88 Å². The minimum absolute atomic E-state index is 0.274. The van der Waals surface area contributed by atoms with E-state index in [1.165, 1.54) is 0 Å². The summed E-state index contributed by atoms with van der Waals surface area (Å²) in [4.78, 5) is 0. The Kier molecular flexibility index (Phi) is 6.21. The maximum atomic E-state index is 5.43. The molecule has 1 atom stereocenters. The van der Waals surface area contributed by atoms with Crippen LogP contribution in [0, 0.1) is 5.92 Å². The van der Waals surface area contributed by atoms with Gasteiger partial charge in [-0.25, -0.2) is 0 Å². The van der Waals surface area contributed by atoms with Gasteiger partial charge in [0.15, 0.2) is 0 Å². The lowest BCUT2D eigenvalue weighted by Crippen LogP contribution is -2.27. The SMILES string of the molecule is CCCNC(CC1CCOCC1)c1ccc(OC)nn1. The molecular formula is C15H25N3O2. The van der Waals surface area contributed by atoms with Crippen LogP contribution >= 0.6 is 0 Å². The molecule has 5 nitrogen and oxygen atoms in total. The number of ether oxygens (including phenoxy) is 2. The highest BCUT2D eigenvalue weighted by Crippen LogP contribution is 2.27. The number of rotatable bonds is 7. The van der Waals surface area contributed by atoms with Gasteiger partial charge in [-0.3, -0.25) is 0 Å². The number of nitrogens with one attached hydrogen (secondary N) is 1. The maximum Gasteiger partial charge on any atom is 0.233 e. The third kappa shape index (κ3) is 4.42. The van der Waals surface area contributed by atoms with Crippen molar-refractivity contribution in [1.82, 2.24) is 15.5 Å². The van der Waals surface area contributed by atoms with Crippen LogP contribution in [0.4, 0.5) is 0 Å². The molecule has 0 radical (unpaired) electrons. The largest absolute Gasteiger partial charge is 0.480 e. The quantitative estimate of drug-likeness (QED) is 0.830. The topological polar surface area (TPSA) is 56.3 Å².